The molecule has 0 saturated heterocycles. The first kappa shape index (κ1) is 24.2. The average molecular weight is 550 g/mol. The van der Waals surface area contributed by atoms with Gasteiger partial charge in [-0.1, -0.05) is 0 Å². The summed E-state index contributed by atoms with van der Waals surface area (Å²) in [5, 5.41) is 24.7. The van der Waals surface area contributed by atoms with E-state index in [1.807, 2.05) is 44.2 Å². The molecule has 0 unspecified atom stereocenters. The number of methoxy groups -OCH3 is 1. The van der Waals surface area contributed by atoms with Gasteiger partial charge in [0.15, 0.2) is 0 Å². The van der Waals surface area contributed by atoms with Crippen LogP contribution in [0.25, 0.3) is 6.08 Å². The van der Waals surface area contributed by atoms with Crippen LogP contribution in [0.3, 0.4) is 0 Å². The summed E-state index contributed by atoms with van der Waals surface area (Å²) in [5.74, 6) is 1.09. The third-order valence-corrected chi connectivity index (χ3v) is 5.96. The molecule has 0 amide bonds. The van der Waals surface area contributed by atoms with Gasteiger partial charge in [0.2, 0.25) is 5.95 Å². The van der Waals surface area contributed by atoms with Gasteiger partial charge in [0.05, 0.1) is 33.6 Å². The molecule has 166 valence electrons. The molecular weight excluding hydrogens is 527 g/mol. The van der Waals surface area contributed by atoms with Gasteiger partial charge >= 0.3 is 0 Å². The average Bonchev–Trinajstić information content (AvgIpc) is 2.79. The number of nitrogens with one attached hydrogen (secondary N) is 2. The summed E-state index contributed by atoms with van der Waals surface area (Å²) >= 11 is 2.22. The molecule has 0 aliphatic heterocycles. The minimum absolute atomic E-state index is 0.340. The molecule has 0 spiro atoms. The summed E-state index contributed by atoms with van der Waals surface area (Å²) in [7, 11) is 1.63. The number of aromatic nitrogens is 2. The van der Waals surface area contributed by atoms with Crippen LogP contribution in [0.15, 0.2) is 42.0 Å². The maximum absolute atomic E-state index is 9.07. The Morgan fingerprint density at radius 2 is 1.76 bits per heavy atom. The van der Waals surface area contributed by atoms with E-state index >= 15 is 0 Å². The van der Waals surface area contributed by atoms with Gasteiger partial charge in [-0.15, -0.1) is 0 Å². The lowest BCUT2D eigenvalue weighted by atomic mass is 10.0. The Balaban J connectivity index is 1.98. The van der Waals surface area contributed by atoms with Crippen LogP contribution >= 0.6 is 22.6 Å². The van der Waals surface area contributed by atoms with E-state index in [9.17, 15) is 0 Å². The summed E-state index contributed by atoms with van der Waals surface area (Å²) in [5.41, 5.74) is 6.78. The lowest BCUT2D eigenvalue weighted by Gasteiger charge is -2.17. The number of aryl methyl sites for hydroxylation is 2. The number of anilines is 4. The van der Waals surface area contributed by atoms with Crippen molar-refractivity contribution in [1.82, 2.24) is 9.97 Å². The second-order valence-electron chi connectivity index (χ2n) is 7.50. The highest BCUT2D eigenvalue weighted by molar-refractivity contribution is 14.1. The summed E-state index contributed by atoms with van der Waals surface area (Å²) < 4.78 is 6.20. The van der Waals surface area contributed by atoms with Gasteiger partial charge in [0, 0.05) is 24.1 Å². The maximum atomic E-state index is 9.07. The maximum Gasteiger partial charge on any atom is 0.229 e. The van der Waals surface area contributed by atoms with E-state index in [-0.39, 0.29) is 0 Å². The van der Waals surface area contributed by atoms with Crippen LogP contribution in [0, 0.1) is 40.1 Å². The zero-order valence-corrected chi connectivity index (χ0v) is 21.0. The van der Waals surface area contributed by atoms with E-state index in [2.05, 4.69) is 50.3 Å². The van der Waals surface area contributed by atoms with Gasteiger partial charge in [-0.2, -0.15) is 15.5 Å². The molecule has 0 atom stereocenters. The SMILES string of the molecule is COCc1nc(Nc2ccc(C#N)cc2)nc(Nc2c(C)cc(/C=C(\C)C#N)cc2C)c1I. The topological polar surface area (TPSA) is 107 Å². The lowest BCUT2D eigenvalue weighted by molar-refractivity contribution is 0.181. The monoisotopic (exact) mass is 550 g/mol. The number of benzene rings is 2. The largest absolute Gasteiger partial charge is 0.378 e. The summed E-state index contributed by atoms with van der Waals surface area (Å²) in [6, 6.07) is 15.4. The number of nitrogens with zero attached hydrogens (tertiary/aromatic N) is 4. The van der Waals surface area contributed by atoms with Crippen molar-refractivity contribution in [2.75, 3.05) is 17.7 Å². The number of halogens is 1. The third kappa shape index (κ3) is 6.07. The molecule has 1 aromatic heterocycles. The molecule has 3 rings (SSSR count). The molecule has 2 N–H and O–H groups in total. The van der Waals surface area contributed by atoms with Crippen molar-refractivity contribution < 1.29 is 4.74 Å². The molecule has 0 aliphatic rings. The lowest BCUT2D eigenvalue weighted by Crippen LogP contribution is -2.09. The van der Waals surface area contributed by atoms with E-state index in [0.717, 1.165) is 37.3 Å². The van der Waals surface area contributed by atoms with Crippen molar-refractivity contribution in [2.24, 2.45) is 0 Å². The Bertz CT molecular complexity index is 1260. The van der Waals surface area contributed by atoms with Crippen LogP contribution < -0.4 is 10.6 Å². The normalized spacial score (nSPS) is 10.9. The van der Waals surface area contributed by atoms with Crippen LogP contribution in [0.2, 0.25) is 0 Å². The van der Waals surface area contributed by atoms with Gasteiger partial charge in [0.1, 0.15) is 5.82 Å². The first-order chi connectivity index (χ1) is 15.8. The van der Waals surface area contributed by atoms with E-state index in [0.29, 0.717) is 29.5 Å². The number of hydrogen-bond acceptors (Lipinski definition) is 7. The predicted octanol–water partition coefficient (Wildman–Crippen LogP) is 6.13. The third-order valence-electron chi connectivity index (χ3n) is 4.83. The van der Waals surface area contributed by atoms with Gasteiger partial charge in [-0.3, -0.25) is 0 Å². The quantitative estimate of drug-likeness (QED) is 0.269. The van der Waals surface area contributed by atoms with Gasteiger partial charge in [-0.25, -0.2) is 4.98 Å². The fraction of sp³-hybridized carbons (Fsp3) is 0.200. The van der Waals surface area contributed by atoms with Crippen molar-refractivity contribution in [1.29, 1.82) is 10.5 Å². The van der Waals surface area contributed by atoms with Crippen LogP contribution in [0.4, 0.5) is 23.1 Å². The predicted molar refractivity (Wildman–Crippen MR) is 138 cm³/mol. The van der Waals surface area contributed by atoms with E-state index in [1.54, 1.807) is 26.2 Å². The minimum Gasteiger partial charge on any atom is -0.378 e. The minimum atomic E-state index is 0.340. The van der Waals surface area contributed by atoms with E-state index < -0.39 is 0 Å². The van der Waals surface area contributed by atoms with Crippen molar-refractivity contribution >= 4 is 51.8 Å². The molecule has 0 fully saturated rings. The van der Waals surface area contributed by atoms with Crippen LogP contribution in [-0.4, -0.2) is 17.1 Å². The highest BCUT2D eigenvalue weighted by atomic mass is 127. The smallest absolute Gasteiger partial charge is 0.229 e. The molecule has 3 aromatic rings. The number of hydrogen-bond donors (Lipinski definition) is 2. The Morgan fingerprint density at radius 1 is 1.09 bits per heavy atom. The zero-order valence-electron chi connectivity index (χ0n) is 18.8. The Labute approximate surface area is 207 Å². The molecule has 0 radical (unpaired) electrons. The van der Waals surface area contributed by atoms with Gasteiger partial charge < -0.3 is 15.4 Å². The Morgan fingerprint density at radius 3 is 2.33 bits per heavy atom. The number of rotatable bonds is 7. The van der Waals surface area contributed by atoms with Crippen molar-refractivity contribution in [2.45, 2.75) is 27.4 Å². The van der Waals surface area contributed by atoms with Crippen LogP contribution in [-0.2, 0) is 11.3 Å². The first-order valence-electron chi connectivity index (χ1n) is 10.1. The fourth-order valence-corrected chi connectivity index (χ4v) is 3.83. The molecule has 1 heterocycles. The van der Waals surface area contributed by atoms with Crippen molar-refractivity contribution in [3.05, 3.63) is 73.5 Å². The molecule has 0 bridgehead atoms. The highest BCUT2D eigenvalue weighted by Gasteiger charge is 2.15. The molecule has 2 aromatic carbocycles. The highest BCUT2D eigenvalue weighted by Crippen LogP contribution is 2.30. The molecule has 7 nitrogen and oxygen atoms in total. The van der Waals surface area contributed by atoms with Crippen molar-refractivity contribution in [3.8, 4) is 12.1 Å². The van der Waals surface area contributed by atoms with Gasteiger partial charge in [-0.05, 0) is 103 Å². The summed E-state index contributed by atoms with van der Waals surface area (Å²) in [6.07, 6.45) is 1.87. The van der Waals surface area contributed by atoms with E-state index in [1.165, 1.54) is 0 Å². The Hall–Kier alpha value is -3.47. The molecule has 33 heavy (non-hydrogen) atoms. The second kappa shape index (κ2) is 10.9. The second-order valence-corrected chi connectivity index (χ2v) is 8.58. The zero-order chi connectivity index (χ0) is 24.0. The molecule has 0 aliphatic carbocycles. The first-order valence-corrected chi connectivity index (χ1v) is 11.2. The van der Waals surface area contributed by atoms with Crippen molar-refractivity contribution in [3.63, 3.8) is 0 Å². The van der Waals surface area contributed by atoms with Crippen LogP contribution in [0.1, 0.15) is 34.9 Å². The molecule has 0 saturated carbocycles. The fourth-order valence-electron chi connectivity index (χ4n) is 3.30. The van der Waals surface area contributed by atoms with E-state index in [4.69, 9.17) is 20.2 Å². The van der Waals surface area contributed by atoms with Crippen LogP contribution in [0.5, 0.6) is 0 Å². The number of allylic oxidation sites excluding steroid dienone is 1. The number of nitriles is 2. The summed E-state index contributed by atoms with van der Waals surface area (Å²) in [4.78, 5) is 9.30. The standard InChI is InChI=1S/C25H23IN6O/c1-15(12-27)9-19-10-16(2)23(17(3)11-19)31-24-22(26)21(14-33-4)30-25(32-24)29-20-7-5-18(13-28)6-8-20/h5-11H,14H2,1-4H3,(H2,29,30,31,32)/b15-9+. The number of ether oxygens (including phenoxy) is 1. The Kier molecular flexibility index (Phi) is 7.99. The summed E-state index contributed by atoms with van der Waals surface area (Å²) in [6.45, 7) is 6.18. The molecular formula is C25H23IN6O. The van der Waals surface area contributed by atoms with Gasteiger partial charge in [0.25, 0.3) is 0 Å². The molecule has 8 heteroatoms.